The van der Waals surface area contributed by atoms with Gasteiger partial charge in [0.1, 0.15) is 0 Å². The maximum absolute atomic E-state index is 12.8. The molecule has 1 N–H and O–H groups in total. The highest BCUT2D eigenvalue weighted by atomic mass is 32.2. The number of sulfonamides is 2. The molecular weight excluding hydrogens is 390 g/mol. The highest BCUT2D eigenvalue weighted by molar-refractivity contribution is 7.89. The minimum absolute atomic E-state index is 0.176. The average Bonchev–Trinajstić information content (AvgIpc) is 2.53. The minimum Gasteiger partial charge on any atom is -0.325 e. The molecule has 2 unspecified atom stereocenters. The van der Waals surface area contributed by atoms with Crippen LogP contribution in [-0.4, -0.2) is 64.3 Å². The van der Waals surface area contributed by atoms with Crippen LogP contribution in [0.25, 0.3) is 0 Å². The standard InChI is InChI=1S/C17H27N3O5S2/c1-13-9-14(2)11-20(10-13)27(24,25)16-7-5-15(6-8-16)18-17(21)12-19(3)26(4,22)23/h5-8,13-14H,9-12H2,1-4H3,(H,18,21). The van der Waals surface area contributed by atoms with Crippen LogP contribution < -0.4 is 5.32 Å². The number of nitrogens with zero attached hydrogens (tertiary/aromatic N) is 2. The van der Waals surface area contributed by atoms with E-state index < -0.39 is 26.0 Å². The Morgan fingerprint density at radius 2 is 1.63 bits per heavy atom. The Bertz CT molecular complexity index is 872. The number of anilines is 1. The number of likely N-dealkylation sites (N-methyl/N-ethyl adjacent to an activating group) is 1. The molecule has 2 rings (SSSR count). The zero-order valence-electron chi connectivity index (χ0n) is 16.0. The van der Waals surface area contributed by atoms with Crippen LogP contribution in [0.3, 0.4) is 0 Å². The van der Waals surface area contributed by atoms with Crippen LogP contribution in [0.1, 0.15) is 20.3 Å². The lowest BCUT2D eigenvalue weighted by Crippen LogP contribution is -2.42. The summed E-state index contributed by atoms with van der Waals surface area (Å²) in [5, 5.41) is 2.56. The number of carbonyl (C=O) groups is 1. The molecule has 1 fully saturated rings. The van der Waals surface area contributed by atoms with Crippen LogP contribution >= 0.6 is 0 Å². The van der Waals surface area contributed by atoms with E-state index in [0.29, 0.717) is 30.6 Å². The SMILES string of the molecule is CC1CC(C)CN(S(=O)(=O)c2ccc(NC(=O)CN(C)S(C)(=O)=O)cc2)C1. The van der Waals surface area contributed by atoms with Crippen molar-refractivity contribution in [3.05, 3.63) is 24.3 Å². The van der Waals surface area contributed by atoms with Crippen molar-refractivity contribution in [2.24, 2.45) is 11.8 Å². The van der Waals surface area contributed by atoms with Gasteiger partial charge in [0.05, 0.1) is 17.7 Å². The zero-order valence-corrected chi connectivity index (χ0v) is 17.7. The fourth-order valence-electron chi connectivity index (χ4n) is 3.18. The van der Waals surface area contributed by atoms with Crippen molar-refractivity contribution in [2.75, 3.05) is 38.3 Å². The van der Waals surface area contributed by atoms with Crippen molar-refractivity contribution in [1.82, 2.24) is 8.61 Å². The molecule has 1 aliphatic rings. The van der Waals surface area contributed by atoms with Crippen molar-refractivity contribution >= 4 is 31.6 Å². The molecule has 10 heteroatoms. The summed E-state index contributed by atoms with van der Waals surface area (Å²) >= 11 is 0. The van der Waals surface area contributed by atoms with Crippen molar-refractivity contribution in [2.45, 2.75) is 25.2 Å². The number of rotatable bonds is 6. The number of nitrogens with one attached hydrogen (secondary N) is 1. The molecule has 0 radical (unpaired) electrons. The summed E-state index contributed by atoms with van der Waals surface area (Å²) in [4.78, 5) is 12.1. The maximum Gasteiger partial charge on any atom is 0.243 e. The van der Waals surface area contributed by atoms with Gasteiger partial charge in [-0.25, -0.2) is 16.8 Å². The highest BCUT2D eigenvalue weighted by Gasteiger charge is 2.31. The van der Waals surface area contributed by atoms with Crippen LogP contribution in [0.4, 0.5) is 5.69 Å². The van der Waals surface area contributed by atoms with E-state index in [9.17, 15) is 21.6 Å². The molecule has 2 atom stereocenters. The summed E-state index contributed by atoms with van der Waals surface area (Å²) < 4.78 is 50.8. The van der Waals surface area contributed by atoms with Gasteiger partial charge in [-0.1, -0.05) is 13.8 Å². The zero-order chi connectivity index (χ0) is 20.4. The minimum atomic E-state index is -3.58. The van der Waals surface area contributed by atoms with E-state index in [1.54, 1.807) is 0 Å². The van der Waals surface area contributed by atoms with Gasteiger partial charge in [-0.3, -0.25) is 4.79 Å². The van der Waals surface area contributed by atoms with Crippen LogP contribution in [0.15, 0.2) is 29.2 Å². The largest absolute Gasteiger partial charge is 0.325 e. The Hall–Kier alpha value is -1.49. The molecule has 1 heterocycles. The second-order valence-corrected chi connectivity index (χ2v) is 11.4. The molecule has 0 aliphatic carbocycles. The third kappa shape index (κ3) is 5.74. The Morgan fingerprint density at radius 3 is 2.11 bits per heavy atom. The average molecular weight is 418 g/mol. The van der Waals surface area contributed by atoms with E-state index in [1.807, 2.05) is 13.8 Å². The third-order valence-corrected chi connectivity index (χ3v) is 7.65. The predicted octanol–water partition coefficient (Wildman–Crippen LogP) is 1.18. The molecule has 0 bridgehead atoms. The molecule has 1 aliphatic heterocycles. The van der Waals surface area contributed by atoms with Gasteiger partial charge in [-0.05, 0) is 42.5 Å². The Balaban J connectivity index is 2.07. The number of benzene rings is 1. The summed E-state index contributed by atoms with van der Waals surface area (Å²) in [6.07, 6.45) is 2.03. The van der Waals surface area contributed by atoms with Crippen molar-refractivity contribution < 1.29 is 21.6 Å². The molecule has 0 aromatic heterocycles. The lowest BCUT2D eigenvalue weighted by molar-refractivity contribution is -0.116. The molecule has 8 nitrogen and oxygen atoms in total. The molecule has 1 aromatic carbocycles. The Kier molecular flexibility index (Phi) is 6.67. The van der Waals surface area contributed by atoms with E-state index in [0.717, 1.165) is 17.0 Å². The molecule has 0 saturated carbocycles. The Labute approximate surface area is 161 Å². The summed E-state index contributed by atoms with van der Waals surface area (Å²) in [5.41, 5.74) is 0.404. The molecule has 27 heavy (non-hydrogen) atoms. The van der Waals surface area contributed by atoms with Crippen molar-refractivity contribution in [1.29, 1.82) is 0 Å². The fraction of sp³-hybridized carbons (Fsp3) is 0.588. The monoisotopic (exact) mass is 417 g/mol. The second kappa shape index (κ2) is 8.26. The molecular formula is C17H27N3O5S2. The lowest BCUT2D eigenvalue weighted by atomic mass is 9.94. The normalized spacial score (nSPS) is 22.0. The predicted molar refractivity (Wildman–Crippen MR) is 104 cm³/mol. The van der Waals surface area contributed by atoms with Gasteiger partial charge in [0.15, 0.2) is 0 Å². The van der Waals surface area contributed by atoms with Crippen LogP contribution in [0, 0.1) is 11.8 Å². The van der Waals surface area contributed by atoms with Crippen molar-refractivity contribution in [3.63, 3.8) is 0 Å². The summed E-state index contributed by atoms with van der Waals surface area (Å²) in [6.45, 7) is 4.78. The lowest BCUT2D eigenvalue weighted by Gasteiger charge is -2.34. The van der Waals surface area contributed by atoms with Crippen LogP contribution in [0.2, 0.25) is 0 Å². The number of amides is 1. The highest BCUT2D eigenvalue weighted by Crippen LogP contribution is 2.27. The first kappa shape index (κ1) is 21.8. The Morgan fingerprint density at radius 1 is 1.11 bits per heavy atom. The number of carbonyl (C=O) groups excluding carboxylic acids is 1. The first-order valence-corrected chi connectivity index (χ1v) is 12.0. The van der Waals surface area contributed by atoms with Gasteiger partial charge in [-0.2, -0.15) is 8.61 Å². The van der Waals surface area contributed by atoms with E-state index in [4.69, 9.17) is 0 Å². The van der Waals surface area contributed by atoms with E-state index in [1.165, 1.54) is 35.6 Å². The van der Waals surface area contributed by atoms with Crippen LogP contribution in [-0.2, 0) is 24.8 Å². The number of hydrogen-bond acceptors (Lipinski definition) is 5. The van der Waals surface area contributed by atoms with Gasteiger partial charge in [0.25, 0.3) is 0 Å². The summed E-state index contributed by atoms with van der Waals surface area (Å²) in [7, 11) is -5.72. The van der Waals surface area contributed by atoms with Gasteiger partial charge < -0.3 is 5.32 Å². The topological polar surface area (TPSA) is 104 Å². The molecule has 1 saturated heterocycles. The molecule has 1 amide bonds. The smallest absolute Gasteiger partial charge is 0.243 e. The van der Waals surface area contributed by atoms with Crippen molar-refractivity contribution in [3.8, 4) is 0 Å². The van der Waals surface area contributed by atoms with Gasteiger partial charge in [0, 0.05) is 25.8 Å². The number of hydrogen-bond donors (Lipinski definition) is 1. The second-order valence-electron chi connectivity index (χ2n) is 7.36. The van der Waals surface area contributed by atoms with Gasteiger partial charge >= 0.3 is 0 Å². The van der Waals surface area contributed by atoms with Crippen LogP contribution in [0.5, 0.6) is 0 Å². The van der Waals surface area contributed by atoms with E-state index in [2.05, 4.69) is 5.32 Å². The van der Waals surface area contributed by atoms with Gasteiger partial charge in [-0.15, -0.1) is 0 Å². The first-order chi connectivity index (χ1) is 12.4. The van der Waals surface area contributed by atoms with E-state index in [-0.39, 0.29) is 11.4 Å². The molecule has 1 aromatic rings. The summed E-state index contributed by atoms with van der Waals surface area (Å²) in [6, 6.07) is 5.91. The molecule has 0 spiro atoms. The van der Waals surface area contributed by atoms with E-state index >= 15 is 0 Å². The maximum atomic E-state index is 12.8. The third-order valence-electron chi connectivity index (χ3n) is 4.54. The number of piperidine rings is 1. The summed E-state index contributed by atoms with van der Waals surface area (Å²) in [5.74, 6) is 0.125. The molecule has 152 valence electrons. The quantitative estimate of drug-likeness (QED) is 0.749. The fourth-order valence-corrected chi connectivity index (χ4v) is 5.21. The van der Waals surface area contributed by atoms with Gasteiger partial charge in [0.2, 0.25) is 26.0 Å². The first-order valence-electron chi connectivity index (χ1n) is 8.71.